The Morgan fingerprint density at radius 2 is 1.93 bits per heavy atom. The van der Waals surface area contributed by atoms with E-state index in [0.717, 1.165) is 35.1 Å². The molecule has 1 heterocycles. The number of thiocarbonyl (C=S) groups is 1. The van der Waals surface area contributed by atoms with Gasteiger partial charge in [0, 0.05) is 0 Å². The summed E-state index contributed by atoms with van der Waals surface area (Å²) >= 11 is 6.29. The van der Waals surface area contributed by atoms with Gasteiger partial charge in [-0.25, -0.2) is 4.79 Å². The molecule has 0 bridgehead atoms. The van der Waals surface area contributed by atoms with E-state index in [1.165, 1.54) is 32.6 Å². The fourth-order valence-electron chi connectivity index (χ4n) is 3.03. The van der Waals surface area contributed by atoms with Crippen LogP contribution in [0.25, 0.3) is 6.08 Å². The Labute approximate surface area is 187 Å². The van der Waals surface area contributed by atoms with E-state index in [4.69, 9.17) is 21.7 Å². The fraction of sp³-hybridized carbons (Fsp3) is 0.500. The first-order valence-corrected chi connectivity index (χ1v) is 11.4. The van der Waals surface area contributed by atoms with Gasteiger partial charge in [-0.1, -0.05) is 69.1 Å². The van der Waals surface area contributed by atoms with Gasteiger partial charge in [-0.3, -0.25) is 9.69 Å². The topological polar surface area (TPSA) is 76.1 Å². The lowest BCUT2D eigenvalue weighted by Gasteiger charge is -2.18. The number of rotatable bonds is 12. The first-order chi connectivity index (χ1) is 14.4. The Hall–Kier alpha value is -2.06. The number of methoxy groups -OCH3 is 1. The lowest BCUT2D eigenvalue weighted by atomic mass is 10.1. The average molecular weight is 452 g/mol. The van der Waals surface area contributed by atoms with Crippen LogP contribution in [0, 0.1) is 0 Å². The van der Waals surface area contributed by atoms with Crippen LogP contribution in [-0.4, -0.2) is 46.0 Å². The van der Waals surface area contributed by atoms with Crippen molar-refractivity contribution in [3.8, 4) is 11.5 Å². The van der Waals surface area contributed by atoms with Crippen LogP contribution in [-0.2, 0) is 9.59 Å². The predicted octanol–water partition coefficient (Wildman–Crippen LogP) is 5.11. The van der Waals surface area contributed by atoms with Crippen LogP contribution in [0.15, 0.2) is 23.1 Å². The van der Waals surface area contributed by atoms with E-state index in [2.05, 4.69) is 6.92 Å². The molecule has 1 amide bonds. The fourth-order valence-corrected chi connectivity index (χ4v) is 4.45. The van der Waals surface area contributed by atoms with Gasteiger partial charge >= 0.3 is 5.97 Å². The second kappa shape index (κ2) is 12.0. The smallest absolute Gasteiger partial charge is 0.326 e. The molecule has 1 aliphatic heterocycles. The Kier molecular flexibility index (Phi) is 9.65. The predicted molar refractivity (Wildman–Crippen MR) is 124 cm³/mol. The molecular formula is C22H29NO5S2. The number of nitrogens with zero attached hydrogens (tertiary/aromatic N) is 1. The third-order valence-electron chi connectivity index (χ3n) is 4.81. The minimum absolute atomic E-state index is 0.243. The summed E-state index contributed by atoms with van der Waals surface area (Å²) in [5, 5.41) is 9.18. The van der Waals surface area contributed by atoms with Crippen LogP contribution in [0.1, 0.15) is 57.9 Å². The molecule has 1 aromatic carbocycles. The molecule has 1 saturated heterocycles. The molecule has 0 radical (unpaired) electrons. The van der Waals surface area contributed by atoms with E-state index in [9.17, 15) is 14.7 Å². The number of hydrogen-bond acceptors (Lipinski definition) is 6. The minimum atomic E-state index is -1.10. The second-order valence-corrected chi connectivity index (χ2v) is 8.77. The average Bonchev–Trinajstić information content (AvgIpc) is 3.00. The van der Waals surface area contributed by atoms with Gasteiger partial charge in [0.25, 0.3) is 5.91 Å². The summed E-state index contributed by atoms with van der Waals surface area (Å²) in [6.07, 6.45) is 8.86. The monoisotopic (exact) mass is 451 g/mol. The number of thioether (sulfide) groups is 1. The molecule has 1 fully saturated rings. The molecule has 0 unspecified atom stereocenters. The number of carbonyl (C=O) groups excluding carboxylic acids is 1. The lowest BCUT2D eigenvalue weighted by molar-refractivity contribution is -0.144. The molecule has 2 rings (SSSR count). The zero-order valence-electron chi connectivity index (χ0n) is 17.7. The summed E-state index contributed by atoms with van der Waals surface area (Å²) in [6.45, 7) is 4.28. The van der Waals surface area contributed by atoms with Gasteiger partial charge in [0.1, 0.15) is 10.4 Å². The zero-order valence-corrected chi connectivity index (χ0v) is 19.3. The molecule has 0 spiro atoms. The molecule has 0 aromatic heterocycles. The van der Waals surface area contributed by atoms with Crippen molar-refractivity contribution in [3.63, 3.8) is 0 Å². The van der Waals surface area contributed by atoms with Crippen LogP contribution in [0.4, 0.5) is 0 Å². The molecule has 1 N–H and O–H groups in total. The highest BCUT2D eigenvalue weighted by Crippen LogP contribution is 2.35. The van der Waals surface area contributed by atoms with Crippen molar-refractivity contribution in [2.75, 3.05) is 13.7 Å². The molecule has 8 heteroatoms. The first kappa shape index (κ1) is 24.2. The first-order valence-electron chi connectivity index (χ1n) is 10.2. The Balaban J connectivity index is 2.01. The standard InChI is InChI=1S/C22H29NO5S2/c1-4-5-6-7-8-9-12-28-17-11-10-16(13-18(17)27-3)14-19-20(24)23(22(29)30-19)15(2)21(25)26/h10-11,13-15H,4-9,12H2,1-3H3,(H,25,26)/b19-14-/t15-/m0/s1. The number of aliphatic carboxylic acids is 1. The Bertz CT molecular complexity index is 809. The van der Waals surface area contributed by atoms with Crippen LogP contribution in [0.2, 0.25) is 0 Å². The molecular weight excluding hydrogens is 422 g/mol. The molecule has 6 nitrogen and oxygen atoms in total. The Morgan fingerprint density at radius 3 is 2.60 bits per heavy atom. The van der Waals surface area contributed by atoms with Gasteiger partial charge < -0.3 is 14.6 Å². The summed E-state index contributed by atoms with van der Waals surface area (Å²) in [7, 11) is 1.57. The van der Waals surface area contributed by atoms with Crippen molar-refractivity contribution in [2.24, 2.45) is 0 Å². The van der Waals surface area contributed by atoms with Crippen molar-refractivity contribution >= 4 is 46.3 Å². The molecule has 1 aromatic rings. The van der Waals surface area contributed by atoms with Crippen molar-refractivity contribution in [1.82, 2.24) is 4.90 Å². The maximum atomic E-state index is 12.6. The number of unbranched alkanes of at least 4 members (excludes halogenated alkanes) is 5. The van der Waals surface area contributed by atoms with Gasteiger partial charge in [0.15, 0.2) is 11.5 Å². The van der Waals surface area contributed by atoms with E-state index < -0.39 is 17.9 Å². The third-order valence-corrected chi connectivity index (χ3v) is 6.14. The quantitative estimate of drug-likeness (QED) is 0.269. The Morgan fingerprint density at radius 1 is 1.23 bits per heavy atom. The summed E-state index contributed by atoms with van der Waals surface area (Å²) in [5.74, 6) is -0.247. The van der Waals surface area contributed by atoms with Gasteiger partial charge in [0.05, 0.1) is 18.6 Å². The zero-order chi connectivity index (χ0) is 22.1. The van der Waals surface area contributed by atoms with E-state index in [0.29, 0.717) is 23.0 Å². The van der Waals surface area contributed by atoms with Gasteiger partial charge in [-0.2, -0.15) is 0 Å². The van der Waals surface area contributed by atoms with Crippen molar-refractivity contribution in [1.29, 1.82) is 0 Å². The summed E-state index contributed by atoms with van der Waals surface area (Å²) < 4.78 is 11.5. The van der Waals surface area contributed by atoms with Crippen LogP contribution < -0.4 is 9.47 Å². The highest BCUT2D eigenvalue weighted by atomic mass is 32.2. The number of carboxylic acids is 1. The maximum Gasteiger partial charge on any atom is 0.326 e. The van der Waals surface area contributed by atoms with Crippen molar-refractivity contribution < 1.29 is 24.2 Å². The number of benzene rings is 1. The van der Waals surface area contributed by atoms with E-state index >= 15 is 0 Å². The molecule has 1 atom stereocenters. The van der Waals surface area contributed by atoms with Crippen LogP contribution >= 0.6 is 24.0 Å². The summed E-state index contributed by atoms with van der Waals surface area (Å²) in [6, 6.07) is 4.45. The van der Waals surface area contributed by atoms with Crippen LogP contribution in [0.5, 0.6) is 11.5 Å². The highest BCUT2D eigenvalue weighted by molar-refractivity contribution is 8.26. The molecule has 164 valence electrons. The molecule has 1 aliphatic rings. The minimum Gasteiger partial charge on any atom is -0.493 e. The van der Waals surface area contributed by atoms with E-state index in [1.807, 2.05) is 12.1 Å². The summed E-state index contributed by atoms with van der Waals surface area (Å²) in [4.78, 5) is 25.3. The largest absolute Gasteiger partial charge is 0.493 e. The third kappa shape index (κ3) is 6.47. The lowest BCUT2D eigenvalue weighted by Crippen LogP contribution is -2.41. The molecule has 0 aliphatic carbocycles. The van der Waals surface area contributed by atoms with Crippen LogP contribution in [0.3, 0.4) is 0 Å². The maximum absolute atomic E-state index is 12.6. The molecule has 0 saturated carbocycles. The second-order valence-electron chi connectivity index (χ2n) is 7.09. The molecule has 30 heavy (non-hydrogen) atoms. The van der Waals surface area contributed by atoms with E-state index in [1.54, 1.807) is 19.3 Å². The van der Waals surface area contributed by atoms with Crippen molar-refractivity contribution in [2.45, 2.75) is 58.4 Å². The van der Waals surface area contributed by atoms with Gasteiger partial charge in [0.2, 0.25) is 0 Å². The number of ether oxygens (including phenoxy) is 2. The number of carboxylic acid groups (broad SMARTS) is 1. The summed E-state index contributed by atoms with van der Waals surface area (Å²) in [5.41, 5.74) is 0.752. The van der Waals surface area contributed by atoms with Gasteiger partial charge in [-0.15, -0.1) is 0 Å². The van der Waals surface area contributed by atoms with Gasteiger partial charge in [-0.05, 0) is 37.1 Å². The number of carbonyl (C=O) groups is 2. The number of hydrogen-bond donors (Lipinski definition) is 1. The normalized spacial score (nSPS) is 16.2. The SMILES string of the molecule is CCCCCCCCOc1ccc(/C=C2\SC(=S)N([C@@H](C)C(=O)O)C2=O)cc1OC. The number of amides is 1. The highest BCUT2D eigenvalue weighted by Gasteiger charge is 2.38. The van der Waals surface area contributed by atoms with E-state index in [-0.39, 0.29) is 4.32 Å². The van der Waals surface area contributed by atoms with Crippen molar-refractivity contribution in [3.05, 3.63) is 28.7 Å².